The largest absolute Gasteiger partial charge is 0.363 e. The van der Waals surface area contributed by atoms with Crippen molar-refractivity contribution < 1.29 is 0 Å². The van der Waals surface area contributed by atoms with Crippen molar-refractivity contribution in [3.05, 3.63) is 82.6 Å². The molecule has 1 atom stereocenters. The number of hydrogen-bond donors (Lipinski definition) is 2. The van der Waals surface area contributed by atoms with Crippen molar-refractivity contribution in [3.8, 4) is 0 Å². The van der Waals surface area contributed by atoms with E-state index in [0.717, 1.165) is 29.7 Å². The van der Waals surface area contributed by atoms with Gasteiger partial charge in [-0.2, -0.15) is 4.98 Å². The van der Waals surface area contributed by atoms with Gasteiger partial charge in [-0.1, -0.05) is 48.5 Å². The molecule has 0 aliphatic carbocycles. The standard InChI is InChI=1S/C22H22N4S/c1-16(17-8-3-2-4-9-17)24-21-19-11-5-6-12-20(19)25-22(26-21)23-14-13-18-10-7-15-27-18/h2-12,15-16H,13-14H2,1H3,(H2,23,24,25,26). The monoisotopic (exact) mass is 374 g/mol. The Bertz CT molecular complexity index is 999. The van der Waals surface area contributed by atoms with Gasteiger partial charge >= 0.3 is 0 Å². The highest BCUT2D eigenvalue weighted by atomic mass is 32.1. The van der Waals surface area contributed by atoms with E-state index in [1.54, 1.807) is 11.3 Å². The molecule has 2 aromatic carbocycles. The van der Waals surface area contributed by atoms with Crippen LogP contribution in [0.4, 0.5) is 11.8 Å². The van der Waals surface area contributed by atoms with Crippen LogP contribution >= 0.6 is 11.3 Å². The van der Waals surface area contributed by atoms with Gasteiger partial charge in [-0.15, -0.1) is 11.3 Å². The lowest BCUT2D eigenvalue weighted by Gasteiger charge is -2.17. The van der Waals surface area contributed by atoms with Crippen molar-refractivity contribution in [2.24, 2.45) is 0 Å². The Balaban J connectivity index is 1.56. The molecular formula is C22H22N4S. The van der Waals surface area contributed by atoms with Gasteiger partial charge in [0.15, 0.2) is 0 Å². The third-order valence-electron chi connectivity index (χ3n) is 4.49. The van der Waals surface area contributed by atoms with Gasteiger partial charge in [0.2, 0.25) is 5.95 Å². The smallest absolute Gasteiger partial charge is 0.225 e. The van der Waals surface area contributed by atoms with Crippen LogP contribution in [0.25, 0.3) is 10.9 Å². The van der Waals surface area contributed by atoms with E-state index in [-0.39, 0.29) is 6.04 Å². The summed E-state index contributed by atoms with van der Waals surface area (Å²) in [5, 5.41) is 10.1. The van der Waals surface area contributed by atoms with Gasteiger partial charge in [-0.3, -0.25) is 0 Å². The van der Waals surface area contributed by atoms with Crippen LogP contribution in [0.3, 0.4) is 0 Å². The van der Waals surface area contributed by atoms with Gasteiger partial charge in [-0.05, 0) is 42.5 Å². The average molecular weight is 375 g/mol. The Kier molecular flexibility index (Phi) is 5.30. The molecule has 2 aromatic heterocycles. The molecular weight excluding hydrogens is 352 g/mol. The molecule has 0 fully saturated rings. The molecule has 0 saturated heterocycles. The second-order valence-corrected chi connectivity index (χ2v) is 7.48. The summed E-state index contributed by atoms with van der Waals surface area (Å²) in [5.41, 5.74) is 2.17. The van der Waals surface area contributed by atoms with Gasteiger partial charge in [0, 0.05) is 22.8 Å². The summed E-state index contributed by atoms with van der Waals surface area (Å²) in [6, 6.07) is 22.9. The van der Waals surface area contributed by atoms with Crippen molar-refractivity contribution in [1.82, 2.24) is 9.97 Å². The summed E-state index contributed by atoms with van der Waals surface area (Å²) in [6.07, 6.45) is 0.969. The lowest BCUT2D eigenvalue weighted by molar-refractivity contribution is 0.875. The first-order chi connectivity index (χ1) is 13.3. The number of fused-ring (bicyclic) bond motifs is 1. The van der Waals surface area contributed by atoms with Gasteiger partial charge < -0.3 is 10.6 Å². The van der Waals surface area contributed by atoms with E-state index in [9.17, 15) is 0 Å². The SMILES string of the molecule is CC(Nc1nc(NCCc2cccs2)nc2ccccc12)c1ccccc1. The first kappa shape index (κ1) is 17.5. The number of anilines is 2. The highest BCUT2D eigenvalue weighted by molar-refractivity contribution is 7.09. The van der Waals surface area contributed by atoms with Gasteiger partial charge in [0.25, 0.3) is 0 Å². The fourth-order valence-corrected chi connectivity index (χ4v) is 3.76. The van der Waals surface area contributed by atoms with E-state index in [4.69, 9.17) is 4.98 Å². The fourth-order valence-electron chi connectivity index (χ4n) is 3.05. The third-order valence-corrected chi connectivity index (χ3v) is 5.43. The Hall–Kier alpha value is -2.92. The zero-order valence-corrected chi connectivity index (χ0v) is 16.0. The number of nitrogens with zero attached hydrogens (tertiary/aromatic N) is 2. The number of para-hydroxylation sites is 1. The highest BCUT2D eigenvalue weighted by Gasteiger charge is 2.11. The number of benzene rings is 2. The third kappa shape index (κ3) is 4.26. The number of nitrogens with one attached hydrogen (secondary N) is 2. The second-order valence-electron chi connectivity index (χ2n) is 6.45. The molecule has 4 aromatic rings. The molecule has 2 N–H and O–H groups in total. The summed E-state index contributed by atoms with van der Waals surface area (Å²) < 4.78 is 0. The molecule has 0 aliphatic rings. The lowest BCUT2D eigenvalue weighted by atomic mass is 10.1. The zero-order chi connectivity index (χ0) is 18.5. The van der Waals surface area contributed by atoms with Crippen molar-refractivity contribution >= 4 is 34.0 Å². The highest BCUT2D eigenvalue weighted by Crippen LogP contribution is 2.26. The van der Waals surface area contributed by atoms with E-state index in [0.29, 0.717) is 5.95 Å². The van der Waals surface area contributed by atoms with Gasteiger partial charge in [0.1, 0.15) is 5.82 Å². The minimum Gasteiger partial charge on any atom is -0.363 e. The molecule has 2 heterocycles. The number of thiophene rings is 1. The second kappa shape index (κ2) is 8.18. The van der Waals surface area contributed by atoms with Gasteiger partial charge in [0.05, 0.1) is 5.52 Å². The average Bonchev–Trinajstić information content (AvgIpc) is 3.22. The van der Waals surface area contributed by atoms with Crippen molar-refractivity contribution in [2.75, 3.05) is 17.2 Å². The van der Waals surface area contributed by atoms with Crippen molar-refractivity contribution in [2.45, 2.75) is 19.4 Å². The maximum atomic E-state index is 4.76. The quantitative estimate of drug-likeness (QED) is 0.447. The summed E-state index contributed by atoms with van der Waals surface area (Å²) >= 11 is 1.78. The van der Waals surface area contributed by atoms with Crippen molar-refractivity contribution in [3.63, 3.8) is 0 Å². The first-order valence-electron chi connectivity index (χ1n) is 9.14. The molecule has 0 amide bonds. The van der Waals surface area contributed by atoms with Crippen LogP contribution in [0.1, 0.15) is 23.4 Å². The van der Waals surface area contributed by atoms with E-state index < -0.39 is 0 Å². The molecule has 0 radical (unpaired) electrons. The van der Waals surface area contributed by atoms with Crippen LogP contribution in [-0.2, 0) is 6.42 Å². The summed E-state index contributed by atoms with van der Waals surface area (Å²) in [7, 11) is 0. The van der Waals surface area contributed by atoms with Crippen LogP contribution in [-0.4, -0.2) is 16.5 Å². The molecule has 0 spiro atoms. The van der Waals surface area contributed by atoms with E-state index in [2.05, 4.69) is 70.4 Å². The Morgan fingerprint density at radius 3 is 2.56 bits per heavy atom. The molecule has 136 valence electrons. The minimum atomic E-state index is 0.156. The first-order valence-corrected chi connectivity index (χ1v) is 10.0. The Labute approximate surface area is 163 Å². The summed E-state index contributed by atoms with van der Waals surface area (Å²) in [6.45, 7) is 2.96. The normalized spacial score (nSPS) is 12.0. The Morgan fingerprint density at radius 1 is 0.926 bits per heavy atom. The number of aromatic nitrogens is 2. The molecule has 0 aliphatic heterocycles. The van der Waals surface area contributed by atoms with Crippen molar-refractivity contribution in [1.29, 1.82) is 0 Å². The summed E-state index contributed by atoms with van der Waals surface area (Å²) in [4.78, 5) is 10.8. The predicted molar refractivity (Wildman–Crippen MR) is 115 cm³/mol. The van der Waals surface area contributed by atoms with E-state index >= 15 is 0 Å². The maximum Gasteiger partial charge on any atom is 0.225 e. The zero-order valence-electron chi connectivity index (χ0n) is 15.2. The molecule has 1 unspecified atom stereocenters. The van der Waals surface area contributed by atoms with Crippen LogP contribution in [0, 0.1) is 0 Å². The summed E-state index contributed by atoms with van der Waals surface area (Å²) in [5.74, 6) is 1.52. The minimum absolute atomic E-state index is 0.156. The predicted octanol–water partition coefficient (Wildman–Crippen LogP) is 5.52. The number of rotatable bonds is 7. The molecule has 4 nitrogen and oxygen atoms in total. The number of hydrogen-bond acceptors (Lipinski definition) is 5. The van der Waals surface area contributed by atoms with Crippen LogP contribution in [0.5, 0.6) is 0 Å². The molecule has 5 heteroatoms. The maximum absolute atomic E-state index is 4.76. The van der Waals surface area contributed by atoms with Crippen LogP contribution < -0.4 is 10.6 Å². The topological polar surface area (TPSA) is 49.8 Å². The van der Waals surface area contributed by atoms with E-state index in [1.165, 1.54) is 10.4 Å². The molecule has 27 heavy (non-hydrogen) atoms. The fraction of sp³-hybridized carbons (Fsp3) is 0.182. The molecule has 4 rings (SSSR count). The lowest BCUT2D eigenvalue weighted by Crippen LogP contribution is -2.12. The Morgan fingerprint density at radius 2 is 1.74 bits per heavy atom. The van der Waals surface area contributed by atoms with E-state index in [1.807, 2.05) is 24.3 Å². The van der Waals surface area contributed by atoms with Crippen LogP contribution in [0.15, 0.2) is 72.1 Å². The van der Waals surface area contributed by atoms with Crippen LogP contribution in [0.2, 0.25) is 0 Å². The van der Waals surface area contributed by atoms with Gasteiger partial charge in [-0.25, -0.2) is 4.98 Å². The molecule has 0 saturated carbocycles. The molecule has 0 bridgehead atoms.